The normalized spacial score (nSPS) is 23.9. The minimum atomic E-state index is -4.77. The zero-order chi connectivity index (χ0) is 24.0. The highest BCUT2D eigenvalue weighted by Gasteiger charge is 2.48. The van der Waals surface area contributed by atoms with Gasteiger partial charge < -0.3 is 14.5 Å². The molecule has 1 aromatic carbocycles. The fourth-order valence-corrected chi connectivity index (χ4v) is 6.33. The Morgan fingerprint density at radius 3 is 2.67 bits per heavy atom. The molecule has 2 atom stereocenters. The average Bonchev–Trinajstić information content (AvgIpc) is 3.37. The Bertz CT molecular complexity index is 1170. The Labute approximate surface area is 195 Å². The molecular weight excluding hydrogens is 481 g/mol. The van der Waals surface area contributed by atoms with E-state index in [4.69, 9.17) is 16.3 Å². The number of sulfonamides is 1. The number of rotatable bonds is 6. The molecule has 2 aromatic rings. The second-order valence-electron chi connectivity index (χ2n) is 8.36. The molecule has 2 aliphatic heterocycles. The summed E-state index contributed by atoms with van der Waals surface area (Å²) in [6, 6.07) is 4.43. The minimum absolute atomic E-state index is 0.0501. The van der Waals surface area contributed by atoms with E-state index in [0.717, 1.165) is 37.6 Å². The second kappa shape index (κ2) is 8.94. The predicted octanol–water partition coefficient (Wildman–Crippen LogP) is 3.64. The van der Waals surface area contributed by atoms with Crippen molar-refractivity contribution in [2.75, 3.05) is 43.4 Å². The molecule has 3 heterocycles. The van der Waals surface area contributed by atoms with Crippen molar-refractivity contribution in [3.05, 3.63) is 46.9 Å². The molecule has 2 unspecified atom stereocenters. The summed E-state index contributed by atoms with van der Waals surface area (Å²) < 4.78 is 76.5. The van der Waals surface area contributed by atoms with E-state index in [1.165, 1.54) is 6.07 Å². The third-order valence-corrected chi connectivity index (χ3v) is 8.21. The Morgan fingerprint density at radius 2 is 2.03 bits per heavy atom. The number of benzene rings is 1. The Balaban J connectivity index is 1.65. The molecule has 33 heavy (non-hydrogen) atoms. The molecule has 0 bridgehead atoms. The molecule has 2 aliphatic rings. The van der Waals surface area contributed by atoms with E-state index < -0.39 is 48.9 Å². The van der Waals surface area contributed by atoms with Crippen LogP contribution in [0.25, 0.3) is 0 Å². The number of pyridine rings is 1. The number of hydrogen-bond donors (Lipinski definition) is 1. The molecule has 1 N–H and O–H groups in total. The molecule has 0 saturated carbocycles. The number of methoxy groups -OCH3 is 1. The van der Waals surface area contributed by atoms with Crippen molar-refractivity contribution in [1.29, 1.82) is 0 Å². The largest absolute Gasteiger partial charge is 0.375 e. The summed E-state index contributed by atoms with van der Waals surface area (Å²) in [5.74, 6) is -4.11. The van der Waals surface area contributed by atoms with Crippen LogP contribution in [-0.4, -0.2) is 63.7 Å². The van der Waals surface area contributed by atoms with Gasteiger partial charge >= 0.3 is 0 Å². The van der Waals surface area contributed by atoms with Gasteiger partial charge in [-0.3, -0.25) is 4.72 Å². The minimum Gasteiger partial charge on any atom is -0.375 e. The van der Waals surface area contributed by atoms with E-state index in [-0.39, 0.29) is 11.7 Å². The highest BCUT2D eigenvalue weighted by molar-refractivity contribution is 7.92. The van der Waals surface area contributed by atoms with Crippen LogP contribution in [0.3, 0.4) is 0 Å². The first-order valence-corrected chi connectivity index (χ1v) is 12.3. The van der Waals surface area contributed by atoms with E-state index in [1.807, 2.05) is 11.8 Å². The van der Waals surface area contributed by atoms with Crippen LogP contribution in [0.5, 0.6) is 0 Å². The van der Waals surface area contributed by atoms with Gasteiger partial charge in [0.05, 0.1) is 5.69 Å². The summed E-state index contributed by atoms with van der Waals surface area (Å²) >= 11 is 6.21. The Hall–Kier alpha value is -2.08. The van der Waals surface area contributed by atoms with E-state index in [0.29, 0.717) is 19.5 Å². The van der Waals surface area contributed by atoms with Gasteiger partial charge in [0.25, 0.3) is 10.0 Å². The lowest BCUT2D eigenvalue weighted by Gasteiger charge is -2.38. The van der Waals surface area contributed by atoms with Gasteiger partial charge in [0, 0.05) is 32.3 Å². The first kappa shape index (κ1) is 24.1. The number of hydrogen-bond acceptors (Lipinski definition) is 6. The Morgan fingerprint density at radius 1 is 1.27 bits per heavy atom. The predicted molar refractivity (Wildman–Crippen MR) is 119 cm³/mol. The van der Waals surface area contributed by atoms with E-state index >= 15 is 4.39 Å². The van der Waals surface area contributed by atoms with E-state index in [1.54, 1.807) is 12.0 Å². The molecule has 0 spiro atoms. The highest BCUT2D eigenvalue weighted by Crippen LogP contribution is 2.42. The molecule has 0 aliphatic carbocycles. The lowest BCUT2D eigenvalue weighted by molar-refractivity contribution is -0.0461. The van der Waals surface area contributed by atoms with Gasteiger partial charge in [-0.05, 0) is 45.0 Å². The monoisotopic (exact) mass is 504 g/mol. The second-order valence-corrected chi connectivity index (χ2v) is 10.4. The number of nitrogens with zero attached hydrogens (tertiary/aromatic N) is 3. The van der Waals surface area contributed by atoms with Crippen molar-refractivity contribution >= 4 is 33.1 Å². The summed E-state index contributed by atoms with van der Waals surface area (Å²) in [6.07, 6.45) is 2.62. The molecular formula is C21H24ClF3N4O3S. The SMILES string of the molecule is COC1(C2CCCN2C)CCN(c2cc(F)c(S(=O)(=O)Nc3cccc(F)n3)c(F)c2Cl)C1. The van der Waals surface area contributed by atoms with Gasteiger partial charge in [-0.1, -0.05) is 17.7 Å². The summed E-state index contributed by atoms with van der Waals surface area (Å²) in [6.45, 7) is 1.74. The number of nitrogens with one attached hydrogen (secondary N) is 1. The van der Waals surface area contributed by atoms with Crippen LogP contribution in [0.15, 0.2) is 29.2 Å². The molecule has 1 aromatic heterocycles. The van der Waals surface area contributed by atoms with Crippen molar-refractivity contribution < 1.29 is 26.3 Å². The first-order valence-electron chi connectivity index (χ1n) is 10.4. The van der Waals surface area contributed by atoms with Crippen molar-refractivity contribution in [3.63, 3.8) is 0 Å². The van der Waals surface area contributed by atoms with Crippen LogP contribution >= 0.6 is 11.6 Å². The van der Waals surface area contributed by atoms with E-state index in [2.05, 4.69) is 9.88 Å². The van der Waals surface area contributed by atoms with Crippen LogP contribution in [-0.2, 0) is 14.8 Å². The third-order valence-electron chi connectivity index (χ3n) is 6.46. The summed E-state index contributed by atoms with van der Waals surface area (Å²) in [5.41, 5.74) is -0.481. The van der Waals surface area contributed by atoms with E-state index in [9.17, 15) is 17.2 Å². The van der Waals surface area contributed by atoms with Crippen molar-refractivity contribution in [1.82, 2.24) is 9.88 Å². The number of likely N-dealkylation sites (tertiary alicyclic amines) is 1. The molecule has 0 radical (unpaired) electrons. The van der Waals surface area contributed by atoms with Crippen LogP contribution in [0.2, 0.25) is 5.02 Å². The van der Waals surface area contributed by atoms with Gasteiger partial charge in [0.2, 0.25) is 5.95 Å². The van der Waals surface area contributed by atoms with Crippen LogP contribution in [0.1, 0.15) is 19.3 Å². The standard InChI is InChI=1S/C21H24ClF3N4O3S/c1-28-9-4-5-15(28)21(32-2)8-10-29(12-21)14-11-13(23)20(19(25)18(14)22)33(30,31)27-17-7-3-6-16(24)26-17/h3,6-7,11,15H,4-5,8-10,12H2,1-2H3,(H,26,27). The lowest BCUT2D eigenvalue weighted by Crippen LogP contribution is -2.51. The molecule has 2 saturated heterocycles. The van der Waals surface area contributed by atoms with Crippen LogP contribution < -0.4 is 9.62 Å². The van der Waals surface area contributed by atoms with Gasteiger partial charge in [-0.15, -0.1) is 0 Å². The van der Waals surface area contributed by atoms with Crippen molar-refractivity contribution in [2.45, 2.75) is 35.8 Å². The number of likely N-dealkylation sites (N-methyl/N-ethyl adjacent to an activating group) is 1. The average molecular weight is 505 g/mol. The summed E-state index contributed by atoms with van der Waals surface area (Å²) in [5, 5.41) is -0.518. The number of ether oxygens (including phenoxy) is 1. The van der Waals surface area contributed by atoms with Crippen molar-refractivity contribution in [2.24, 2.45) is 0 Å². The van der Waals surface area contributed by atoms with Crippen LogP contribution in [0, 0.1) is 17.6 Å². The quantitative estimate of drug-likeness (QED) is 0.478. The molecule has 0 amide bonds. The Kier molecular flexibility index (Phi) is 6.51. The van der Waals surface area contributed by atoms with Gasteiger partial charge in [0.15, 0.2) is 10.7 Å². The highest BCUT2D eigenvalue weighted by atomic mass is 35.5. The zero-order valence-electron chi connectivity index (χ0n) is 18.1. The van der Waals surface area contributed by atoms with Crippen molar-refractivity contribution in [3.8, 4) is 0 Å². The zero-order valence-corrected chi connectivity index (χ0v) is 19.7. The third kappa shape index (κ3) is 4.39. The maximum Gasteiger partial charge on any atom is 0.268 e. The molecule has 7 nitrogen and oxygen atoms in total. The lowest BCUT2D eigenvalue weighted by atomic mass is 9.91. The fraction of sp³-hybridized carbons (Fsp3) is 0.476. The summed E-state index contributed by atoms with van der Waals surface area (Å²) in [4.78, 5) is 6.03. The summed E-state index contributed by atoms with van der Waals surface area (Å²) in [7, 11) is -1.12. The number of aromatic nitrogens is 1. The van der Waals surface area contributed by atoms with Crippen LogP contribution in [0.4, 0.5) is 24.7 Å². The number of anilines is 2. The first-order chi connectivity index (χ1) is 15.6. The smallest absolute Gasteiger partial charge is 0.268 e. The van der Waals surface area contributed by atoms with Gasteiger partial charge in [-0.25, -0.2) is 22.2 Å². The van der Waals surface area contributed by atoms with Gasteiger partial charge in [-0.2, -0.15) is 4.39 Å². The molecule has 180 valence electrons. The maximum absolute atomic E-state index is 15.1. The number of halogens is 4. The van der Waals surface area contributed by atoms with Gasteiger partial charge in [0.1, 0.15) is 22.3 Å². The fourth-order valence-electron chi connectivity index (χ4n) is 4.86. The molecule has 4 rings (SSSR count). The maximum atomic E-state index is 15.1. The molecule has 2 fully saturated rings. The topological polar surface area (TPSA) is 74.8 Å². The molecule has 12 heteroatoms.